The second-order valence-corrected chi connectivity index (χ2v) is 6.42. The van der Waals surface area contributed by atoms with Crippen molar-refractivity contribution in [1.29, 1.82) is 0 Å². The molecule has 3 atom stereocenters. The first-order chi connectivity index (χ1) is 7.54. The van der Waals surface area contributed by atoms with Gasteiger partial charge in [0.25, 0.3) is 0 Å². The first-order valence-corrected chi connectivity index (χ1v) is 6.99. The van der Waals surface area contributed by atoms with Crippen molar-refractivity contribution in [1.82, 2.24) is 10.2 Å². The van der Waals surface area contributed by atoms with E-state index in [1.165, 1.54) is 38.8 Å². The number of likely N-dealkylation sites (N-methyl/N-ethyl adjacent to an activating group) is 1. The molecular formula is C14H28N2. The van der Waals surface area contributed by atoms with Gasteiger partial charge in [0.1, 0.15) is 0 Å². The van der Waals surface area contributed by atoms with E-state index in [0.717, 1.165) is 17.9 Å². The van der Waals surface area contributed by atoms with Crippen LogP contribution in [0.15, 0.2) is 0 Å². The maximum absolute atomic E-state index is 3.74. The van der Waals surface area contributed by atoms with Crippen molar-refractivity contribution >= 4 is 0 Å². The molecule has 1 N–H and O–H groups in total. The molecule has 0 aromatic rings. The third-order valence-electron chi connectivity index (χ3n) is 5.25. The van der Waals surface area contributed by atoms with Crippen LogP contribution in [0.5, 0.6) is 0 Å². The monoisotopic (exact) mass is 224 g/mol. The molecule has 0 aromatic carbocycles. The topological polar surface area (TPSA) is 15.3 Å². The van der Waals surface area contributed by atoms with Crippen molar-refractivity contribution in [2.75, 3.05) is 20.1 Å². The van der Waals surface area contributed by atoms with Crippen molar-refractivity contribution in [3.05, 3.63) is 0 Å². The molecule has 3 unspecified atom stereocenters. The summed E-state index contributed by atoms with van der Waals surface area (Å²) in [5.74, 6) is 1.96. The molecule has 0 radical (unpaired) electrons. The minimum atomic E-state index is 0.346. The van der Waals surface area contributed by atoms with Crippen LogP contribution in [-0.2, 0) is 0 Å². The summed E-state index contributed by atoms with van der Waals surface area (Å²) in [7, 11) is 2.29. The van der Waals surface area contributed by atoms with Crippen molar-refractivity contribution < 1.29 is 0 Å². The van der Waals surface area contributed by atoms with Gasteiger partial charge in [-0.25, -0.2) is 0 Å². The van der Waals surface area contributed by atoms with E-state index in [1.807, 2.05) is 0 Å². The summed E-state index contributed by atoms with van der Waals surface area (Å²) in [4.78, 5) is 2.55. The van der Waals surface area contributed by atoms with Gasteiger partial charge in [-0.2, -0.15) is 0 Å². The molecule has 1 saturated carbocycles. The fourth-order valence-corrected chi connectivity index (χ4v) is 3.31. The lowest BCUT2D eigenvalue weighted by Gasteiger charge is -2.37. The third-order valence-corrected chi connectivity index (χ3v) is 5.25. The molecule has 94 valence electrons. The van der Waals surface area contributed by atoms with Gasteiger partial charge in [-0.15, -0.1) is 0 Å². The van der Waals surface area contributed by atoms with Crippen molar-refractivity contribution in [3.8, 4) is 0 Å². The van der Waals surface area contributed by atoms with Gasteiger partial charge < -0.3 is 5.32 Å². The molecule has 1 saturated heterocycles. The second kappa shape index (κ2) is 4.66. The fraction of sp³-hybridized carbons (Fsp3) is 1.00. The average molecular weight is 224 g/mol. The van der Waals surface area contributed by atoms with E-state index in [1.54, 1.807) is 0 Å². The molecule has 0 amide bonds. The Bertz CT molecular complexity index is 237. The molecule has 0 aromatic heterocycles. The van der Waals surface area contributed by atoms with Gasteiger partial charge in [-0.3, -0.25) is 4.90 Å². The van der Waals surface area contributed by atoms with Crippen LogP contribution in [0.2, 0.25) is 0 Å². The van der Waals surface area contributed by atoms with Gasteiger partial charge in [-0.1, -0.05) is 13.3 Å². The number of hydrogen-bond acceptors (Lipinski definition) is 2. The summed E-state index contributed by atoms with van der Waals surface area (Å²) < 4.78 is 0. The number of hydrogen-bond donors (Lipinski definition) is 1. The molecule has 2 heteroatoms. The highest BCUT2D eigenvalue weighted by molar-refractivity contribution is 4.96. The molecule has 2 rings (SSSR count). The zero-order chi connectivity index (χ0) is 11.8. The van der Waals surface area contributed by atoms with E-state index >= 15 is 0 Å². The van der Waals surface area contributed by atoms with Gasteiger partial charge in [0.2, 0.25) is 0 Å². The summed E-state index contributed by atoms with van der Waals surface area (Å²) >= 11 is 0. The van der Waals surface area contributed by atoms with Crippen LogP contribution in [0.3, 0.4) is 0 Å². The zero-order valence-corrected chi connectivity index (χ0v) is 11.4. The largest absolute Gasteiger partial charge is 0.312 e. The Labute approximate surface area is 101 Å². The van der Waals surface area contributed by atoms with E-state index in [-0.39, 0.29) is 0 Å². The highest BCUT2D eigenvalue weighted by Crippen LogP contribution is 2.38. The Balaban J connectivity index is 1.90. The van der Waals surface area contributed by atoms with Gasteiger partial charge >= 0.3 is 0 Å². The van der Waals surface area contributed by atoms with Crippen LogP contribution < -0.4 is 5.32 Å². The van der Waals surface area contributed by atoms with Gasteiger partial charge in [0.15, 0.2) is 0 Å². The molecule has 0 spiro atoms. The normalized spacial score (nSPS) is 34.7. The molecular weight excluding hydrogens is 196 g/mol. The zero-order valence-electron chi connectivity index (χ0n) is 11.4. The third kappa shape index (κ3) is 2.28. The maximum atomic E-state index is 3.74. The van der Waals surface area contributed by atoms with Crippen LogP contribution >= 0.6 is 0 Å². The van der Waals surface area contributed by atoms with Crippen LogP contribution in [0, 0.1) is 11.8 Å². The van der Waals surface area contributed by atoms with Crippen molar-refractivity contribution in [3.63, 3.8) is 0 Å². The Morgan fingerprint density at radius 2 is 2.06 bits per heavy atom. The molecule has 0 bridgehead atoms. The SMILES string of the molecule is CCC(C)(C)N(C)CC1NCC2CCCC21. The predicted molar refractivity (Wildman–Crippen MR) is 69.6 cm³/mol. The molecule has 2 aliphatic rings. The molecule has 1 aliphatic carbocycles. The quantitative estimate of drug-likeness (QED) is 0.789. The number of nitrogens with zero attached hydrogens (tertiary/aromatic N) is 1. The Kier molecular flexibility index (Phi) is 3.60. The van der Waals surface area contributed by atoms with E-state index in [9.17, 15) is 0 Å². The minimum absolute atomic E-state index is 0.346. The molecule has 1 heterocycles. The summed E-state index contributed by atoms with van der Waals surface area (Å²) in [6.07, 6.45) is 5.62. The van der Waals surface area contributed by atoms with Crippen molar-refractivity contribution in [2.45, 2.75) is 58.0 Å². The molecule has 16 heavy (non-hydrogen) atoms. The smallest absolute Gasteiger partial charge is 0.0226 e. The lowest BCUT2D eigenvalue weighted by molar-refractivity contribution is 0.129. The van der Waals surface area contributed by atoms with Crippen LogP contribution in [0.1, 0.15) is 46.5 Å². The van der Waals surface area contributed by atoms with Gasteiger partial charge in [0.05, 0.1) is 0 Å². The molecule has 2 fully saturated rings. The molecule has 2 nitrogen and oxygen atoms in total. The number of fused-ring (bicyclic) bond motifs is 1. The molecule has 1 aliphatic heterocycles. The lowest BCUT2D eigenvalue weighted by Crippen LogP contribution is -2.48. The summed E-state index contributed by atoms with van der Waals surface area (Å²) in [6, 6.07) is 0.753. The van der Waals surface area contributed by atoms with Crippen LogP contribution in [-0.4, -0.2) is 36.6 Å². The average Bonchev–Trinajstić information content (AvgIpc) is 2.82. The number of rotatable bonds is 4. The highest BCUT2D eigenvalue weighted by atomic mass is 15.2. The van der Waals surface area contributed by atoms with E-state index in [4.69, 9.17) is 0 Å². The first kappa shape index (κ1) is 12.4. The van der Waals surface area contributed by atoms with Crippen LogP contribution in [0.4, 0.5) is 0 Å². The summed E-state index contributed by atoms with van der Waals surface area (Å²) in [5, 5.41) is 3.74. The van der Waals surface area contributed by atoms with E-state index < -0.39 is 0 Å². The van der Waals surface area contributed by atoms with E-state index in [0.29, 0.717) is 5.54 Å². The highest BCUT2D eigenvalue weighted by Gasteiger charge is 2.40. The standard InChI is InChI=1S/C14H28N2/c1-5-14(2,3)16(4)10-13-12-8-6-7-11(12)9-15-13/h11-13,15H,5-10H2,1-4H3. The predicted octanol–water partition coefficient (Wildman–Crippen LogP) is 2.49. The summed E-state index contributed by atoms with van der Waals surface area (Å²) in [6.45, 7) is 9.50. The lowest BCUT2D eigenvalue weighted by atomic mass is 9.92. The van der Waals surface area contributed by atoms with E-state index in [2.05, 4.69) is 38.0 Å². The fourth-order valence-electron chi connectivity index (χ4n) is 3.31. The second-order valence-electron chi connectivity index (χ2n) is 6.42. The van der Waals surface area contributed by atoms with Gasteiger partial charge in [-0.05, 0) is 58.5 Å². The Hall–Kier alpha value is -0.0800. The Morgan fingerprint density at radius 1 is 1.31 bits per heavy atom. The minimum Gasteiger partial charge on any atom is -0.312 e. The summed E-state index contributed by atoms with van der Waals surface area (Å²) in [5.41, 5.74) is 0.346. The van der Waals surface area contributed by atoms with Gasteiger partial charge in [0, 0.05) is 18.1 Å². The Morgan fingerprint density at radius 3 is 2.75 bits per heavy atom. The number of nitrogens with one attached hydrogen (secondary N) is 1. The van der Waals surface area contributed by atoms with Crippen LogP contribution in [0.25, 0.3) is 0 Å². The first-order valence-electron chi connectivity index (χ1n) is 6.99. The maximum Gasteiger partial charge on any atom is 0.0226 e. The van der Waals surface area contributed by atoms with Crippen molar-refractivity contribution in [2.24, 2.45) is 11.8 Å².